The summed E-state index contributed by atoms with van der Waals surface area (Å²) < 4.78 is 5.15. The van der Waals surface area contributed by atoms with E-state index in [2.05, 4.69) is 39.8 Å². The summed E-state index contributed by atoms with van der Waals surface area (Å²) in [5.41, 5.74) is 4.10. The molecule has 0 aromatic heterocycles. The van der Waals surface area contributed by atoms with Crippen LogP contribution in [0, 0.1) is 0 Å². The molecule has 0 N–H and O–H groups in total. The third-order valence-electron chi connectivity index (χ3n) is 3.24. The van der Waals surface area contributed by atoms with Crippen molar-refractivity contribution < 1.29 is 9.53 Å². The molecule has 0 radical (unpaired) electrons. The molecule has 126 valence electrons. The van der Waals surface area contributed by atoms with Crippen LogP contribution in [0.3, 0.4) is 0 Å². The Labute approximate surface area is 136 Å². The third-order valence-corrected chi connectivity index (χ3v) is 3.24. The number of allylic oxidation sites excluding steroid dienone is 5. The molecule has 0 aromatic carbocycles. The van der Waals surface area contributed by atoms with Gasteiger partial charge in [-0.2, -0.15) is 0 Å². The largest absolute Gasteiger partial charge is 0.460 e. The number of nitrogens with zero attached hydrogens (tertiary/aromatic N) is 1. The maximum Gasteiger partial charge on any atom is 0.320 e. The van der Waals surface area contributed by atoms with Crippen LogP contribution in [0.15, 0.2) is 34.9 Å². The number of esters is 1. The Kier molecular flexibility index (Phi) is 11.5. The molecule has 3 nitrogen and oxygen atoms in total. The van der Waals surface area contributed by atoms with Gasteiger partial charge in [0.05, 0.1) is 6.54 Å². The number of likely N-dealkylation sites (N-methyl/N-ethyl adjacent to an activating group) is 1. The first-order valence-corrected chi connectivity index (χ1v) is 8.06. The fourth-order valence-electron chi connectivity index (χ4n) is 1.92. The molecule has 0 amide bonds. The summed E-state index contributed by atoms with van der Waals surface area (Å²) >= 11 is 0. The van der Waals surface area contributed by atoms with Crippen molar-refractivity contribution in [1.29, 1.82) is 0 Å². The highest BCUT2D eigenvalue weighted by Gasteiger charge is 2.02. The first-order chi connectivity index (χ1) is 10.3. The number of hydrogen-bond donors (Lipinski definition) is 0. The SMILES string of the molecule is CC(C)=CCC/C(C)=C/CC/C(C)=C/COC(=O)CN(C)C. The number of carbonyl (C=O) groups excluding carboxylic acids is 1. The van der Waals surface area contributed by atoms with Crippen molar-refractivity contribution in [2.45, 2.75) is 53.4 Å². The van der Waals surface area contributed by atoms with Crippen molar-refractivity contribution in [3.8, 4) is 0 Å². The van der Waals surface area contributed by atoms with Crippen LogP contribution in [0.5, 0.6) is 0 Å². The van der Waals surface area contributed by atoms with Gasteiger partial charge in [-0.25, -0.2) is 0 Å². The van der Waals surface area contributed by atoms with E-state index >= 15 is 0 Å². The number of hydrogen-bond acceptors (Lipinski definition) is 3. The fraction of sp³-hybridized carbons (Fsp3) is 0.632. The zero-order valence-corrected chi connectivity index (χ0v) is 15.2. The molecule has 3 heteroatoms. The summed E-state index contributed by atoms with van der Waals surface area (Å²) in [5.74, 6) is -0.177. The van der Waals surface area contributed by atoms with Crippen LogP contribution in [0.25, 0.3) is 0 Å². The van der Waals surface area contributed by atoms with Gasteiger partial charge in [-0.3, -0.25) is 9.69 Å². The Morgan fingerprint density at radius 3 is 2.00 bits per heavy atom. The minimum atomic E-state index is -0.177. The Morgan fingerprint density at radius 2 is 1.45 bits per heavy atom. The van der Waals surface area contributed by atoms with E-state index in [1.54, 1.807) is 0 Å². The van der Waals surface area contributed by atoms with E-state index in [4.69, 9.17) is 4.74 Å². The summed E-state index contributed by atoms with van der Waals surface area (Å²) in [7, 11) is 3.71. The van der Waals surface area contributed by atoms with Crippen molar-refractivity contribution in [1.82, 2.24) is 4.90 Å². The van der Waals surface area contributed by atoms with Gasteiger partial charge in [0.2, 0.25) is 0 Å². The van der Waals surface area contributed by atoms with E-state index in [0.717, 1.165) is 25.7 Å². The van der Waals surface area contributed by atoms with Gasteiger partial charge in [0.15, 0.2) is 0 Å². The van der Waals surface area contributed by atoms with Gasteiger partial charge in [-0.15, -0.1) is 0 Å². The van der Waals surface area contributed by atoms with Crippen molar-refractivity contribution in [2.75, 3.05) is 27.2 Å². The minimum absolute atomic E-state index is 0.177. The van der Waals surface area contributed by atoms with Crippen molar-refractivity contribution in [3.05, 3.63) is 34.9 Å². The van der Waals surface area contributed by atoms with Crippen LogP contribution < -0.4 is 0 Å². The van der Waals surface area contributed by atoms with Gasteiger partial charge in [0.25, 0.3) is 0 Å². The van der Waals surface area contributed by atoms with Gasteiger partial charge in [0, 0.05) is 0 Å². The van der Waals surface area contributed by atoms with Gasteiger partial charge < -0.3 is 4.74 Å². The van der Waals surface area contributed by atoms with Crippen LogP contribution in [-0.2, 0) is 9.53 Å². The molecular formula is C19H33NO2. The molecule has 0 atom stereocenters. The standard InChI is InChI=1S/C19H33NO2/c1-16(2)9-7-10-17(3)11-8-12-18(4)13-14-22-19(21)15-20(5)6/h9,11,13H,7-8,10,12,14-15H2,1-6H3/b17-11+,18-13+. The second-order valence-electron chi connectivity index (χ2n) is 6.38. The maximum absolute atomic E-state index is 11.4. The van der Waals surface area contributed by atoms with Gasteiger partial charge in [0.1, 0.15) is 6.61 Å². The summed E-state index contributed by atoms with van der Waals surface area (Å²) in [6.45, 7) is 9.27. The second kappa shape index (κ2) is 12.2. The van der Waals surface area contributed by atoms with E-state index in [9.17, 15) is 4.79 Å². The van der Waals surface area contributed by atoms with Crippen LogP contribution in [-0.4, -0.2) is 38.1 Å². The highest BCUT2D eigenvalue weighted by Crippen LogP contribution is 2.11. The molecule has 0 aliphatic carbocycles. The third kappa shape index (κ3) is 13.6. The van der Waals surface area contributed by atoms with Crippen LogP contribution in [0.2, 0.25) is 0 Å². The second-order valence-corrected chi connectivity index (χ2v) is 6.38. The topological polar surface area (TPSA) is 29.5 Å². The summed E-state index contributed by atoms with van der Waals surface area (Å²) in [6.07, 6.45) is 10.9. The van der Waals surface area contributed by atoms with Gasteiger partial charge in [-0.1, -0.05) is 28.9 Å². The molecule has 0 unspecified atom stereocenters. The summed E-state index contributed by atoms with van der Waals surface area (Å²) in [6, 6.07) is 0. The molecule has 0 aliphatic rings. The predicted octanol–water partition coefficient (Wildman–Crippen LogP) is 4.51. The molecule has 22 heavy (non-hydrogen) atoms. The van der Waals surface area contributed by atoms with Crippen LogP contribution in [0.4, 0.5) is 0 Å². The van der Waals surface area contributed by atoms with E-state index in [0.29, 0.717) is 13.2 Å². The van der Waals surface area contributed by atoms with E-state index in [-0.39, 0.29) is 5.97 Å². The van der Waals surface area contributed by atoms with Crippen molar-refractivity contribution in [2.24, 2.45) is 0 Å². The lowest BCUT2D eigenvalue weighted by Crippen LogP contribution is -2.23. The minimum Gasteiger partial charge on any atom is -0.460 e. The first-order valence-electron chi connectivity index (χ1n) is 8.06. The first kappa shape index (κ1) is 20.6. The number of ether oxygens (including phenoxy) is 1. The predicted molar refractivity (Wildman–Crippen MR) is 94.9 cm³/mol. The molecule has 0 fully saturated rings. The Bertz CT molecular complexity index is 413. The average molecular weight is 307 g/mol. The molecule has 0 saturated heterocycles. The summed E-state index contributed by atoms with van der Waals surface area (Å²) in [5, 5.41) is 0. The fourth-order valence-corrected chi connectivity index (χ4v) is 1.92. The molecule has 0 heterocycles. The van der Waals surface area contributed by atoms with E-state index in [1.807, 2.05) is 25.1 Å². The normalized spacial score (nSPS) is 12.5. The molecule has 0 saturated carbocycles. The van der Waals surface area contributed by atoms with Gasteiger partial charge in [-0.05, 0) is 73.5 Å². The number of carbonyl (C=O) groups is 1. The monoisotopic (exact) mass is 307 g/mol. The molecule has 0 aliphatic heterocycles. The quantitative estimate of drug-likeness (QED) is 0.439. The Morgan fingerprint density at radius 1 is 0.909 bits per heavy atom. The zero-order chi connectivity index (χ0) is 17.0. The molecular weight excluding hydrogens is 274 g/mol. The highest BCUT2D eigenvalue weighted by atomic mass is 16.5. The molecule has 0 rings (SSSR count). The lowest BCUT2D eigenvalue weighted by molar-refractivity contribution is -0.143. The molecule has 0 spiro atoms. The van der Waals surface area contributed by atoms with Crippen LogP contribution in [0.1, 0.15) is 53.4 Å². The molecule has 0 bridgehead atoms. The number of rotatable bonds is 10. The molecule has 0 aromatic rings. The summed E-state index contributed by atoms with van der Waals surface area (Å²) in [4.78, 5) is 13.2. The van der Waals surface area contributed by atoms with E-state index in [1.165, 1.54) is 16.7 Å². The van der Waals surface area contributed by atoms with E-state index < -0.39 is 0 Å². The lowest BCUT2D eigenvalue weighted by Gasteiger charge is -2.08. The highest BCUT2D eigenvalue weighted by molar-refractivity contribution is 5.71. The Hall–Kier alpha value is -1.35. The van der Waals surface area contributed by atoms with Crippen molar-refractivity contribution >= 4 is 5.97 Å². The van der Waals surface area contributed by atoms with Crippen LogP contribution >= 0.6 is 0 Å². The zero-order valence-electron chi connectivity index (χ0n) is 15.2. The van der Waals surface area contributed by atoms with Crippen molar-refractivity contribution in [3.63, 3.8) is 0 Å². The Balaban J connectivity index is 3.92. The maximum atomic E-state index is 11.4. The average Bonchev–Trinajstić information content (AvgIpc) is 2.37. The lowest BCUT2D eigenvalue weighted by atomic mass is 10.1. The van der Waals surface area contributed by atoms with Gasteiger partial charge >= 0.3 is 5.97 Å². The smallest absolute Gasteiger partial charge is 0.320 e.